The van der Waals surface area contributed by atoms with Crippen LogP contribution >= 0.6 is 0 Å². The van der Waals surface area contributed by atoms with Gasteiger partial charge in [-0.3, -0.25) is 0 Å². The summed E-state index contributed by atoms with van der Waals surface area (Å²) < 4.78 is 19.7. The second-order valence-corrected chi connectivity index (χ2v) is 15.2. The smallest absolute Gasteiger partial charge is 0.456 e. The number of benzene rings is 6. The van der Waals surface area contributed by atoms with E-state index in [4.69, 9.17) is 60.8 Å². The molecule has 2 heterocycles. The van der Waals surface area contributed by atoms with Gasteiger partial charge in [0.05, 0.1) is 16.6 Å². The molecule has 12 radical (unpaired) electrons. The van der Waals surface area contributed by atoms with Crippen LogP contribution in [0, 0.1) is 0 Å². The molecule has 0 unspecified atom stereocenters. The fraction of sp³-hybridized carbons (Fsp3) is 0.163. The van der Waals surface area contributed by atoms with E-state index in [1.165, 1.54) is 27.8 Å². The van der Waals surface area contributed by atoms with E-state index in [1.54, 1.807) is 0 Å². The van der Waals surface area contributed by atoms with Crippen molar-refractivity contribution < 1.29 is 13.7 Å². The highest BCUT2D eigenvalue weighted by Crippen LogP contribution is 2.56. The van der Waals surface area contributed by atoms with Gasteiger partial charge in [-0.05, 0) is 66.6 Å². The van der Waals surface area contributed by atoms with Crippen LogP contribution in [0.2, 0.25) is 0 Å². The number of hydrogen-bond donors (Lipinski definition) is 0. The first-order valence-corrected chi connectivity index (χ1v) is 17.7. The Labute approximate surface area is 318 Å². The van der Waals surface area contributed by atoms with E-state index < -0.39 is 23.7 Å². The maximum Gasteiger partial charge on any atom is 0.498 e. The molecule has 6 aromatic carbocycles. The Morgan fingerprint density at radius 2 is 0.943 bits per heavy atom. The lowest BCUT2D eigenvalue weighted by Crippen LogP contribution is -2.54. The Hall–Kier alpha value is -4.51. The van der Waals surface area contributed by atoms with Crippen LogP contribution in [-0.2, 0) is 14.7 Å². The molecular formula is C43H29B7O3. The second-order valence-electron chi connectivity index (χ2n) is 15.2. The molecule has 1 aliphatic carbocycles. The summed E-state index contributed by atoms with van der Waals surface area (Å²) in [7, 11) is 39.3. The highest BCUT2D eigenvalue weighted by Gasteiger charge is 2.53. The highest BCUT2D eigenvalue weighted by atomic mass is 16.7. The van der Waals surface area contributed by atoms with Gasteiger partial charge in [0.2, 0.25) is 0 Å². The van der Waals surface area contributed by atoms with Gasteiger partial charge in [0.1, 0.15) is 58.2 Å². The first-order valence-electron chi connectivity index (χ1n) is 17.7. The largest absolute Gasteiger partial charge is 0.498 e. The molecule has 0 spiro atoms. The molecule has 240 valence electrons. The van der Waals surface area contributed by atoms with Gasteiger partial charge >= 0.3 is 7.12 Å². The summed E-state index contributed by atoms with van der Waals surface area (Å²) in [5.74, 6) is 0. The van der Waals surface area contributed by atoms with Crippen molar-refractivity contribution in [3.8, 4) is 22.3 Å². The van der Waals surface area contributed by atoms with Gasteiger partial charge in [-0.2, -0.15) is 0 Å². The van der Waals surface area contributed by atoms with Crippen LogP contribution in [-0.4, -0.2) is 65.4 Å². The van der Waals surface area contributed by atoms with Crippen molar-refractivity contribution in [2.75, 3.05) is 0 Å². The Morgan fingerprint density at radius 3 is 1.51 bits per heavy atom. The first kappa shape index (κ1) is 34.3. The fourth-order valence-corrected chi connectivity index (χ4v) is 8.48. The van der Waals surface area contributed by atoms with Gasteiger partial charge < -0.3 is 13.7 Å². The Morgan fingerprint density at radius 1 is 0.472 bits per heavy atom. The molecule has 1 aliphatic heterocycles. The normalized spacial score (nSPS) is 16.6. The van der Waals surface area contributed by atoms with Crippen LogP contribution in [0.15, 0.2) is 108 Å². The summed E-state index contributed by atoms with van der Waals surface area (Å²) in [6, 6.07) is 36.3. The van der Waals surface area contributed by atoms with Crippen LogP contribution in [0.5, 0.6) is 0 Å². The molecule has 3 nitrogen and oxygen atoms in total. The van der Waals surface area contributed by atoms with Gasteiger partial charge in [-0.15, -0.1) is 16.4 Å². The minimum absolute atomic E-state index is 0.175. The van der Waals surface area contributed by atoms with Gasteiger partial charge in [-0.1, -0.05) is 120 Å². The van der Waals surface area contributed by atoms with Crippen molar-refractivity contribution in [1.29, 1.82) is 0 Å². The van der Waals surface area contributed by atoms with Crippen molar-refractivity contribution >= 4 is 114 Å². The van der Waals surface area contributed by atoms with Crippen molar-refractivity contribution in [3.63, 3.8) is 0 Å². The third kappa shape index (κ3) is 4.58. The van der Waals surface area contributed by atoms with Gasteiger partial charge in [0.15, 0.2) is 0 Å². The standard InChI is InChI=1S/C43H29B7O3/c1-41(2)42(3,4)53-50(52-41)38-37(49)36(48)34(46)31-30-33(45)35(47)32(44)29(39(30)51-40(31)38)22-18-20-24(21-19-22)43(23-12-6-5-7-13-23)27-16-10-8-14-25(27)26-15-9-11-17-28(26)43/h5-21H,1-4H3. The van der Waals surface area contributed by atoms with E-state index in [-0.39, 0.29) is 32.8 Å². The summed E-state index contributed by atoms with van der Waals surface area (Å²) in [5.41, 5.74) is 9.13. The lowest BCUT2D eigenvalue weighted by Gasteiger charge is -2.34. The molecule has 10 heteroatoms. The zero-order chi connectivity index (χ0) is 37.2. The zero-order valence-corrected chi connectivity index (χ0v) is 30.1. The van der Waals surface area contributed by atoms with Crippen molar-refractivity contribution in [3.05, 3.63) is 125 Å². The summed E-state index contributed by atoms with van der Waals surface area (Å²) in [6.07, 6.45) is 0. The minimum atomic E-state index is -0.893. The molecule has 1 fully saturated rings. The number of furan rings is 1. The molecule has 2 aliphatic rings. The molecule has 0 N–H and O–H groups in total. The summed E-state index contributed by atoms with van der Waals surface area (Å²) in [4.78, 5) is 0. The van der Waals surface area contributed by atoms with Crippen LogP contribution in [0.4, 0.5) is 0 Å². The molecule has 1 aromatic heterocycles. The van der Waals surface area contributed by atoms with Crippen molar-refractivity contribution in [2.24, 2.45) is 0 Å². The van der Waals surface area contributed by atoms with Crippen LogP contribution in [0.25, 0.3) is 44.2 Å². The van der Waals surface area contributed by atoms with Crippen molar-refractivity contribution in [2.45, 2.75) is 44.3 Å². The third-order valence-corrected chi connectivity index (χ3v) is 11.9. The maximum atomic E-state index is 6.84. The minimum Gasteiger partial charge on any atom is -0.456 e. The van der Waals surface area contributed by atoms with Gasteiger partial charge in [0.25, 0.3) is 0 Å². The molecule has 0 bridgehead atoms. The van der Waals surface area contributed by atoms with E-state index in [0.29, 0.717) is 33.0 Å². The summed E-state index contributed by atoms with van der Waals surface area (Å²) in [5, 5.41) is 0.966. The molecule has 53 heavy (non-hydrogen) atoms. The van der Waals surface area contributed by atoms with Gasteiger partial charge in [0, 0.05) is 21.8 Å². The number of rotatable bonds is 4. The van der Waals surface area contributed by atoms with Crippen LogP contribution in [0.3, 0.4) is 0 Å². The van der Waals surface area contributed by atoms with E-state index in [9.17, 15) is 0 Å². The first-order chi connectivity index (χ1) is 25.3. The average Bonchev–Trinajstić information content (AvgIpc) is 3.75. The lowest BCUT2D eigenvalue weighted by atomic mass is 9.61. The van der Waals surface area contributed by atoms with E-state index >= 15 is 0 Å². The predicted molar refractivity (Wildman–Crippen MR) is 225 cm³/mol. The quantitative estimate of drug-likeness (QED) is 0.271. The zero-order valence-electron chi connectivity index (χ0n) is 30.1. The Balaban J connectivity index is 1.29. The Kier molecular flexibility index (Phi) is 7.60. The molecule has 9 rings (SSSR count). The summed E-state index contributed by atoms with van der Waals surface area (Å²) >= 11 is 0. The van der Waals surface area contributed by atoms with Gasteiger partial charge in [-0.25, -0.2) is 0 Å². The highest BCUT2D eigenvalue weighted by molar-refractivity contribution is 6.76. The lowest BCUT2D eigenvalue weighted by molar-refractivity contribution is 0.00578. The predicted octanol–water partition coefficient (Wildman–Crippen LogP) is 2.68. The molecule has 0 amide bonds. The SMILES string of the molecule is [B]c1c([B])c([B])c2c(oc3c(-c4ccc(C5(c6ccccc6)c6ccccc6-c6ccccc65)cc4)c([B])c([B])c([B])c32)c1B1OC(C)(C)C(C)(C)O1. The fourth-order valence-electron chi connectivity index (χ4n) is 8.48. The van der Waals surface area contributed by atoms with Crippen LogP contribution < -0.4 is 38.2 Å². The van der Waals surface area contributed by atoms with E-state index in [1.807, 2.05) is 33.8 Å². The topological polar surface area (TPSA) is 31.6 Å². The summed E-state index contributed by atoms with van der Waals surface area (Å²) in [6.45, 7) is 7.86. The third-order valence-electron chi connectivity index (χ3n) is 11.9. The molecule has 0 saturated carbocycles. The molecule has 7 aromatic rings. The van der Waals surface area contributed by atoms with E-state index in [2.05, 4.69) is 97.1 Å². The van der Waals surface area contributed by atoms with Crippen molar-refractivity contribution in [1.82, 2.24) is 0 Å². The average molecular weight is 669 g/mol. The molecule has 0 atom stereocenters. The number of fused-ring (bicyclic) bond motifs is 6. The number of hydrogen-bond acceptors (Lipinski definition) is 3. The molecular weight excluding hydrogens is 640 g/mol. The monoisotopic (exact) mass is 670 g/mol. The Bertz CT molecular complexity index is 2590. The van der Waals surface area contributed by atoms with Crippen LogP contribution in [0.1, 0.15) is 49.9 Å². The second kappa shape index (κ2) is 11.7. The van der Waals surface area contributed by atoms with E-state index in [0.717, 1.165) is 11.1 Å². The maximum absolute atomic E-state index is 6.84. The molecule has 1 saturated heterocycles.